The van der Waals surface area contributed by atoms with Gasteiger partial charge < -0.3 is 10.1 Å². The van der Waals surface area contributed by atoms with Crippen LogP contribution < -0.4 is 10.1 Å². The predicted molar refractivity (Wildman–Crippen MR) is 82.3 cm³/mol. The van der Waals surface area contributed by atoms with Gasteiger partial charge in [-0.05, 0) is 52.3 Å². The second-order valence-corrected chi connectivity index (χ2v) is 5.28. The summed E-state index contributed by atoms with van der Waals surface area (Å²) in [6.45, 7) is 3.88. The fraction of sp³-hybridized carbons (Fsp3) is 0.250. The summed E-state index contributed by atoms with van der Waals surface area (Å²) in [7, 11) is 0. The lowest BCUT2D eigenvalue weighted by atomic mass is 10.1. The van der Waals surface area contributed by atoms with Crippen molar-refractivity contribution in [3.63, 3.8) is 0 Å². The number of ether oxygens (including phenoxy) is 1. The smallest absolute Gasteiger partial charge is 0.133 e. The molecule has 4 heteroatoms. The Morgan fingerprint density at radius 3 is 2.75 bits per heavy atom. The SMILES string of the molecule is CCNCc1ccc(F)c(COc2ccccc2Br)c1. The number of benzene rings is 2. The average Bonchev–Trinajstić information content (AvgIpc) is 2.46. The van der Waals surface area contributed by atoms with Gasteiger partial charge in [-0.15, -0.1) is 0 Å². The average molecular weight is 338 g/mol. The van der Waals surface area contributed by atoms with Gasteiger partial charge in [-0.2, -0.15) is 0 Å². The molecule has 0 aliphatic rings. The Morgan fingerprint density at radius 1 is 1.20 bits per heavy atom. The molecule has 0 fully saturated rings. The van der Waals surface area contributed by atoms with Gasteiger partial charge >= 0.3 is 0 Å². The van der Waals surface area contributed by atoms with E-state index >= 15 is 0 Å². The summed E-state index contributed by atoms with van der Waals surface area (Å²) in [6, 6.07) is 12.7. The molecule has 0 radical (unpaired) electrons. The van der Waals surface area contributed by atoms with Gasteiger partial charge in [0.25, 0.3) is 0 Å². The van der Waals surface area contributed by atoms with Crippen LogP contribution in [0.1, 0.15) is 18.1 Å². The third kappa shape index (κ3) is 4.05. The van der Waals surface area contributed by atoms with E-state index in [-0.39, 0.29) is 12.4 Å². The number of halogens is 2. The Labute approximate surface area is 127 Å². The van der Waals surface area contributed by atoms with E-state index in [0.29, 0.717) is 11.3 Å². The van der Waals surface area contributed by atoms with E-state index in [1.165, 1.54) is 6.07 Å². The quantitative estimate of drug-likeness (QED) is 0.849. The second kappa shape index (κ2) is 7.41. The van der Waals surface area contributed by atoms with Crippen molar-refractivity contribution >= 4 is 15.9 Å². The van der Waals surface area contributed by atoms with Crippen LogP contribution in [-0.4, -0.2) is 6.54 Å². The molecule has 2 aromatic rings. The van der Waals surface area contributed by atoms with Gasteiger partial charge in [-0.25, -0.2) is 4.39 Å². The Balaban J connectivity index is 2.07. The van der Waals surface area contributed by atoms with Crippen molar-refractivity contribution in [2.24, 2.45) is 0 Å². The fourth-order valence-electron chi connectivity index (χ4n) is 1.84. The van der Waals surface area contributed by atoms with Gasteiger partial charge in [0.15, 0.2) is 0 Å². The lowest BCUT2D eigenvalue weighted by Crippen LogP contribution is -2.12. The summed E-state index contributed by atoms with van der Waals surface area (Å²) in [6.07, 6.45) is 0. The highest BCUT2D eigenvalue weighted by molar-refractivity contribution is 9.10. The van der Waals surface area contributed by atoms with E-state index in [4.69, 9.17) is 4.74 Å². The van der Waals surface area contributed by atoms with E-state index in [9.17, 15) is 4.39 Å². The normalized spacial score (nSPS) is 10.6. The molecule has 0 aliphatic heterocycles. The summed E-state index contributed by atoms with van der Waals surface area (Å²) in [5, 5.41) is 3.22. The standard InChI is InChI=1S/C16H17BrFNO/c1-2-19-10-12-7-8-15(18)13(9-12)11-20-16-6-4-3-5-14(16)17/h3-9,19H,2,10-11H2,1H3. The van der Waals surface area contributed by atoms with Gasteiger partial charge in [0.05, 0.1) is 4.47 Å². The molecule has 1 N–H and O–H groups in total. The number of para-hydroxylation sites is 1. The molecule has 0 unspecified atom stereocenters. The lowest BCUT2D eigenvalue weighted by Gasteiger charge is -2.10. The van der Waals surface area contributed by atoms with Crippen LogP contribution in [0.5, 0.6) is 5.75 Å². The third-order valence-corrected chi connectivity index (χ3v) is 3.56. The first kappa shape index (κ1) is 15.0. The molecular weight excluding hydrogens is 321 g/mol. The number of hydrogen-bond acceptors (Lipinski definition) is 2. The zero-order valence-corrected chi connectivity index (χ0v) is 12.9. The summed E-state index contributed by atoms with van der Waals surface area (Å²) in [4.78, 5) is 0. The van der Waals surface area contributed by atoms with Gasteiger partial charge in [0.2, 0.25) is 0 Å². The molecular formula is C16H17BrFNO. The highest BCUT2D eigenvalue weighted by Gasteiger charge is 2.06. The minimum Gasteiger partial charge on any atom is -0.488 e. The Bertz CT molecular complexity index is 574. The summed E-state index contributed by atoms with van der Waals surface area (Å²) < 4.78 is 20.3. The molecule has 0 bridgehead atoms. The summed E-state index contributed by atoms with van der Waals surface area (Å²) in [5.74, 6) is 0.473. The van der Waals surface area contributed by atoms with E-state index < -0.39 is 0 Å². The van der Waals surface area contributed by atoms with Crippen LogP contribution in [-0.2, 0) is 13.2 Å². The lowest BCUT2D eigenvalue weighted by molar-refractivity contribution is 0.298. The van der Waals surface area contributed by atoms with E-state index in [1.807, 2.05) is 37.3 Å². The third-order valence-electron chi connectivity index (χ3n) is 2.91. The molecule has 0 heterocycles. The zero-order valence-electron chi connectivity index (χ0n) is 11.3. The highest BCUT2D eigenvalue weighted by Crippen LogP contribution is 2.25. The second-order valence-electron chi connectivity index (χ2n) is 4.43. The summed E-state index contributed by atoms with van der Waals surface area (Å²) >= 11 is 3.41. The van der Waals surface area contributed by atoms with Crippen molar-refractivity contribution < 1.29 is 9.13 Å². The molecule has 20 heavy (non-hydrogen) atoms. The molecule has 2 aromatic carbocycles. The molecule has 2 nitrogen and oxygen atoms in total. The minimum atomic E-state index is -0.239. The number of hydrogen-bond donors (Lipinski definition) is 1. The molecule has 0 spiro atoms. The van der Waals surface area contributed by atoms with Crippen molar-refractivity contribution in [1.29, 1.82) is 0 Å². The Kier molecular flexibility index (Phi) is 5.56. The zero-order chi connectivity index (χ0) is 14.4. The van der Waals surface area contributed by atoms with Crippen molar-refractivity contribution in [2.45, 2.75) is 20.1 Å². The topological polar surface area (TPSA) is 21.3 Å². The van der Waals surface area contributed by atoms with Crippen LogP contribution in [0.3, 0.4) is 0 Å². The maximum atomic E-state index is 13.8. The largest absolute Gasteiger partial charge is 0.488 e. The molecule has 0 amide bonds. The molecule has 0 aliphatic carbocycles. The van der Waals surface area contributed by atoms with E-state index in [1.54, 1.807) is 6.07 Å². The Hall–Kier alpha value is -1.39. The van der Waals surface area contributed by atoms with Crippen LogP contribution in [0.25, 0.3) is 0 Å². The highest BCUT2D eigenvalue weighted by atomic mass is 79.9. The predicted octanol–water partition coefficient (Wildman–Crippen LogP) is 4.28. The molecule has 106 valence electrons. The van der Waals surface area contributed by atoms with Crippen LogP contribution >= 0.6 is 15.9 Å². The van der Waals surface area contributed by atoms with Crippen LogP contribution in [0.2, 0.25) is 0 Å². The number of rotatable bonds is 6. The first-order chi connectivity index (χ1) is 9.70. The van der Waals surface area contributed by atoms with Crippen molar-refractivity contribution in [2.75, 3.05) is 6.54 Å². The fourth-order valence-corrected chi connectivity index (χ4v) is 2.23. The first-order valence-electron chi connectivity index (χ1n) is 6.56. The van der Waals surface area contributed by atoms with Gasteiger partial charge in [-0.1, -0.05) is 25.1 Å². The van der Waals surface area contributed by atoms with E-state index in [2.05, 4.69) is 21.2 Å². The first-order valence-corrected chi connectivity index (χ1v) is 7.35. The molecule has 0 aromatic heterocycles. The van der Waals surface area contributed by atoms with Gasteiger partial charge in [0, 0.05) is 12.1 Å². The van der Waals surface area contributed by atoms with E-state index in [0.717, 1.165) is 23.1 Å². The maximum absolute atomic E-state index is 13.8. The molecule has 2 rings (SSSR count). The molecule has 0 saturated carbocycles. The van der Waals surface area contributed by atoms with Crippen molar-refractivity contribution in [3.05, 3.63) is 63.9 Å². The minimum absolute atomic E-state index is 0.217. The molecule has 0 atom stereocenters. The van der Waals surface area contributed by atoms with Gasteiger partial charge in [-0.3, -0.25) is 0 Å². The number of nitrogens with one attached hydrogen (secondary N) is 1. The van der Waals surface area contributed by atoms with Crippen LogP contribution in [0, 0.1) is 5.82 Å². The van der Waals surface area contributed by atoms with Gasteiger partial charge in [0.1, 0.15) is 18.2 Å². The summed E-state index contributed by atoms with van der Waals surface area (Å²) in [5.41, 5.74) is 1.62. The van der Waals surface area contributed by atoms with Crippen LogP contribution in [0.15, 0.2) is 46.9 Å². The monoisotopic (exact) mass is 337 g/mol. The Morgan fingerprint density at radius 2 is 2.00 bits per heavy atom. The molecule has 0 saturated heterocycles. The van der Waals surface area contributed by atoms with Crippen LogP contribution in [0.4, 0.5) is 4.39 Å². The van der Waals surface area contributed by atoms with Crippen molar-refractivity contribution in [1.82, 2.24) is 5.32 Å². The van der Waals surface area contributed by atoms with Crippen molar-refractivity contribution in [3.8, 4) is 5.75 Å². The maximum Gasteiger partial charge on any atom is 0.133 e.